The van der Waals surface area contributed by atoms with Crippen molar-refractivity contribution < 1.29 is 14.6 Å². The molecule has 6 heteroatoms. The maximum atomic E-state index is 12.0. The first kappa shape index (κ1) is 14.4. The molecule has 0 fully saturated rings. The van der Waals surface area contributed by atoms with Crippen LogP contribution >= 0.6 is 11.6 Å². The quantitative estimate of drug-likeness (QED) is 0.851. The van der Waals surface area contributed by atoms with E-state index in [0.717, 1.165) is 11.3 Å². The molecular weight excluding hydrogens is 304 g/mol. The second kappa shape index (κ2) is 5.69. The molecule has 1 heterocycles. The Bertz CT molecular complexity index is 774. The molecule has 0 bridgehead atoms. The number of halogens is 1. The van der Waals surface area contributed by atoms with Gasteiger partial charge in [-0.05, 0) is 35.9 Å². The van der Waals surface area contributed by atoms with Gasteiger partial charge in [-0.1, -0.05) is 11.6 Å². The molecule has 2 aromatic rings. The Morgan fingerprint density at radius 1 is 1.32 bits per heavy atom. The highest BCUT2D eigenvalue weighted by Crippen LogP contribution is 2.34. The summed E-state index contributed by atoms with van der Waals surface area (Å²) >= 11 is 5.98. The number of hydrogen-bond donors (Lipinski definition) is 2. The molecule has 1 aliphatic rings. The fourth-order valence-corrected chi connectivity index (χ4v) is 2.50. The van der Waals surface area contributed by atoms with E-state index >= 15 is 0 Å². The zero-order chi connectivity index (χ0) is 15.7. The van der Waals surface area contributed by atoms with Crippen LogP contribution in [-0.2, 0) is 4.79 Å². The molecule has 0 radical (unpaired) electrons. The van der Waals surface area contributed by atoms with Crippen LogP contribution in [0.5, 0.6) is 11.5 Å². The highest BCUT2D eigenvalue weighted by Gasteiger charge is 2.29. The van der Waals surface area contributed by atoms with Gasteiger partial charge >= 0.3 is 0 Å². The van der Waals surface area contributed by atoms with E-state index in [0.29, 0.717) is 16.5 Å². The fourth-order valence-electron chi connectivity index (χ4n) is 2.32. The molecule has 112 valence electrons. The fraction of sp³-hybridized carbons (Fsp3) is 0.125. The first-order chi connectivity index (χ1) is 10.6. The van der Waals surface area contributed by atoms with Crippen molar-refractivity contribution in [2.75, 3.05) is 12.4 Å². The van der Waals surface area contributed by atoms with Crippen molar-refractivity contribution in [3.63, 3.8) is 0 Å². The topological polar surface area (TPSA) is 70.9 Å². The summed E-state index contributed by atoms with van der Waals surface area (Å²) in [7, 11) is 1.47. The standard InChI is InChI=1S/C16H13ClN2O3/c1-22-15-5-3-10(7-14(15)20)18-8-12-11-6-9(17)2-4-13(11)19-16(12)21/h2-8,12,20H,1H3,(H,19,21). The van der Waals surface area contributed by atoms with Crippen molar-refractivity contribution in [1.82, 2.24) is 0 Å². The minimum Gasteiger partial charge on any atom is -0.504 e. The number of anilines is 1. The van der Waals surface area contributed by atoms with E-state index in [9.17, 15) is 9.90 Å². The van der Waals surface area contributed by atoms with Gasteiger partial charge in [0.2, 0.25) is 5.91 Å². The number of nitrogens with zero attached hydrogens (tertiary/aromatic N) is 1. The Morgan fingerprint density at radius 3 is 2.86 bits per heavy atom. The van der Waals surface area contributed by atoms with E-state index in [2.05, 4.69) is 10.3 Å². The van der Waals surface area contributed by atoms with Crippen molar-refractivity contribution >= 4 is 35.1 Å². The van der Waals surface area contributed by atoms with Gasteiger partial charge in [0.05, 0.1) is 12.8 Å². The average molecular weight is 317 g/mol. The smallest absolute Gasteiger partial charge is 0.237 e. The minimum absolute atomic E-state index is 0.00327. The number of hydrogen-bond acceptors (Lipinski definition) is 4. The number of carbonyl (C=O) groups is 1. The summed E-state index contributed by atoms with van der Waals surface area (Å²) in [5.74, 6) is -0.289. The molecule has 0 spiro atoms. The maximum Gasteiger partial charge on any atom is 0.237 e. The summed E-state index contributed by atoms with van der Waals surface area (Å²) in [4.78, 5) is 16.3. The van der Waals surface area contributed by atoms with E-state index in [1.165, 1.54) is 13.2 Å². The van der Waals surface area contributed by atoms with Gasteiger partial charge in [0.15, 0.2) is 11.5 Å². The third-order valence-electron chi connectivity index (χ3n) is 3.42. The number of phenols is 1. The first-order valence-corrected chi connectivity index (χ1v) is 6.98. The molecule has 1 atom stereocenters. The summed E-state index contributed by atoms with van der Waals surface area (Å²) in [6, 6.07) is 10.0. The third-order valence-corrected chi connectivity index (χ3v) is 3.66. The summed E-state index contributed by atoms with van der Waals surface area (Å²) in [6.07, 6.45) is 1.54. The number of amides is 1. The van der Waals surface area contributed by atoms with Crippen LogP contribution in [0.2, 0.25) is 5.02 Å². The first-order valence-electron chi connectivity index (χ1n) is 6.60. The summed E-state index contributed by atoms with van der Waals surface area (Å²) in [5, 5.41) is 13.1. The minimum atomic E-state index is -0.502. The van der Waals surface area contributed by atoms with Crippen molar-refractivity contribution in [3.05, 3.63) is 47.0 Å². The molecule has 0 saturated heterocycles. The molecule has 0 aliphatic carbocycles. The lowest BCUT2D eigenvalue weighted by Gasteiger charge is -2.04. The molecule has 2 aromatic carbocycles. The molecule has 2 N–H and O–H groups in total. The van der Waals surface area contributed by atoms with Gasteiger partial charge in [0.1, 0.15) is 5.92 Å². The average Bonchev–Trinajstić information content (AvgIpc) is 2.80. The van der Waals surface area contributed by atoms with Gasteiger partial charge in [-0.3, -0.25) is 9.79 Å². The number of benzene rings is 2. The Kier molecular flexibility index (Phi) is 3.73. The van der Waals surface area contributed by atoms with Crippen molar-refractivity contribution in [1.29, 1.82) is 0 Å². The molecule has 1 aliphatic heterocycles. The predicted molar refractivity (Wildman–Crippen MR) is 85.6 cm³/mol. The van der Waals surface area contributed by atoms with Crippen LogP contribution in [0, 0.1) is 0 Å². The van der Waals surface area contributed by atoms with E-state index in [-0.39, 0.29) is 11.7 Å². The second-order valence-electron chi connectivity index (χ2n) is 4.83. The normalized spacial score (nSPS) is 16.6. The van der Waals surface area contributed by atoms with Gasteiger partial charge in [0, 0.05) is 23.0 Å². The van der Waals surface area contributed by atoms with Crippen LogP contribution in [0.3, 0.4) is 0 Å². The van der Waals surface area contributed by atoms with Crippen LogP contribution in [0.1, 0.15) is 11.5 Å². The number of nitrogens with one attached hydrogen (secondary N) is 1. The van der Waals surface area contributed by atoms with Gasteiger partial charge in [-0.2, -0.15) is 0 Å². The Labute approximate surface area is 132 Å². The molecule has 22 heavy (non-hydrogen) atoms. The summed E-state index contributed by atoms with van der Waals surface area (Å²) in [5.41, 5.74) is 2.06. The second-order valence-corrected chi connectivity index (χ2v) is 5.27. The maximum absolute atomic E-state index is 12.0. The van der Waals surface area contributed by atoms with Crippen molar-refractivity contribution in [2.45, 2.75) is 5.92 Å². The molecule has 5 nitrogen and oxygen atoms in total. The van der Waals surface area contributed by atoms with Gasteiger partial charge in [-0.25, -0.2) is 0 Å². The number of aliphatic imine (C=N–C) groups is 1. The van der Waals surface area contributed by atoms with Gasteiger partial charge in [-0.15, -0.1) is 0 Å². The third kappa shape index (κ3) is 2.63. The Hall–Kier alpha value is -2.53. The monoisotopic (exact) mass is 316 g/mol. The lowest BCUT2D eigenvalue weighted by molar-refractivity contribution is -0.115. The molecule has 0 saturated carbocycles. The van der Waals surface area contributed by atoms with Gasteiger partial charge < -0.3 is 15.2 Å². The largest absolute Gasteiger partial charge is 0.504 e. The zero-order valence-corrected chi connectivity index (χ0v) is 12.5. The molecule has 1 amide bonds. The Morgan fingerprint density at radius 2 is 2.14 bits per heavy atom. The number of ether oxygens (including phenoxy) is 1. The van der Waals surface area contributed by atoms with Crippen molar-refractivity contribution in [2.24, 2.45) is 4.99 Å². The van der Waals surface area contributed by atoms with Gasteiger partial charge in [0.25, 0.3) is 0 Å². The summed E-state index contributed by atoms with van der Waals surface area (Å²) in [6.45, 7) is 0. The Balaban J connectivity index is 1.89. The molecule has 3 rings (SSSR count). The van der Waals surface area contributed by atoms with Crippen LogP contribution < -0.4 is 10.1 Å². The molecule has 1 unspecified atom stereocenters. The number of phenolic OH excluding ortho intramolecular Hbond substituents is 1. The zero-order valence-electron chi connectivity index (χ0n) is 11.7. The van der Waals surface area contributed by atoms with E-state index in [4.69, 9.17) is 16.3 Å². The predicted octanol–water partition coefficient (Wildman–Crippen LogP) is 3.49. The van der Waals surface area contributed by atoms with E-state index in [1.807, 2.05) is 0 Å². The van der Waals surface area contributed by atoms with Crippen molar-refractivity contribution in [3.8, 4) is 11.5 Å². The van der Waals surface area contributed by atoms with Crippen LogP contribution in [-0.4, -0.2) is 24.3 Å². The highest BCUT2D eigenvalue weighted by molar-refractivity contribution is 6.31. The molecular formula is C16H13ClN2O3. The number of aromatic hydroxyl groups is 1. The number of fused-ring (bicyclic) bond motifs is 1. The van der Waals surface area contributed by atoms with E-state index in [1.54, 1.807) is 36.5 Å². The number of rotatable bonds is 3. The highest BCUT2D eigenvalue weighted by atomic mass is 35.5. The lowest BCUT2D eigenvalue weighted by Crippen LogP contribution is -2.12. The lowest BCUT2D eigenvalue weighted by atomic mass is 10.0. The number of carbonyl (C=O) groups excluding carboxylic acids is 1. The van der Waals surface area contributed by atoms with Crippen LogP contribution in [0.25, 0.3) is 0 Å². The van der Waals surface area contributed by atoms with Crippen LogP contribution in [0.15, 0.2) is 41.4 Å². The SMILES string of the molecule is COc1ccc(N=CC2C(=O)Nc3ccc(Cl)cc32)cc1O. The molecule has 0 aromatic heterocycles. The van der Waals surface area contributed by atoms with E-state index < -0.39 is 5.92 Å². The number of methoxy groups -OCH3 is 1. The van der Waals surface area contributed by atoms with Crippen LogP contribution in [0.4, 0.5) is 11.4 Å². The summed E-state index contributed by atoms with van der Waals surface area (Å²) < 4.78 is 4.97.